The monoisotopic (exact) mass is 315 g/mol. The van der Waals surface area contributed by atoms with E-state index in [-0.39, 0.29) is 6.54 Å². The van der Waals surface area contributed by atoms with Crippen LogP contribution in [0.4, 0.5) is 0 Å². The molecule has 2 aromatic rings. The Morgan fingerprint density at radius 3 is 3.00 bits per heavy atom. The maximum atomic E-state index is 12.1. The number of aromatic nitrogens is 3. The van der Waals surface area contributed by atoms with E-state index in [1.807, 2.05) is 12.3 Å². The second-order valence-corrected chi connectivity index (χ2v) is 7.02. The van der Waals surface area contributed by atoms with Crippen molar-refractivity contribution in [3.05, 3.63) is 29.4 Å². The second kappa shape index (κ2) is 6.93. The lowest BCUT2D eigenvalue weighted by Crippen LogP contribution is -2.27. The zero-order chi connectivity index (χ0) is 14.4. The third-order valence-corrected chi connectivity index (χ3v) is 5.53. The van der Waals surface area contributed by atoms with Gasteiger partial charge in [0.1, 0.15) is 4.21 Å². The Kier molecular flexibility index (Phi) is 5.24. The number of sulfonamides is 1. The van der Waals surface area contributed by atoms with Gasteiger partial charge in [-0.2, -0.15) is 0 Å². The van der Waals surface area contributed by atoms with Crippen LogP contribution < -0.4 is 10.0 Å². The summed E-state index contributed by atoms with van der Waals surface area (Å²) in [6.45, 7) is 4.28. The molecule has 7 nitrogen and oxygen atoms in total. The topological polar surface area (TPSA) is 88.9 Å². The van der Waals surface area contributed by atoms with E-state index in [0.717, 1.165) is 12.1 Å². The molecular weight excluding hydrogens is 298 g/mol. The van der Waals surface area contributed by atoms with Gasteiger partial charge >= 0.3 is 0 Å². The molecule has 110 valence electrons. The molecule has 0 amide bonds. The minimum atomic E-state index is -3.44. The lowest BCUT2D eigenvalue weighted by Gasteiger charge is -2.04. The Bertz CT molecular complexity index is 621. The van der Waals surface area contributed by atoms with Gasteiger partial charge in [-0.05, 0) is 23.6 Å². The molecule has 0 aliphatic rings. The molecule has 9 heteroatoms. The maximum absolute atomic E-state index is 12.1. The molecule has 0 unspecified atom stereocenters. The van der Waals surface area contributed by atoms with Crippen LogP contribution in [0.25, 0.3) is 0 Å². The molecular formula is C11H17N5O2S2. The predicted molar refractivity (Wildman–Crippen MR) is 76.9 cm³/mol. The molecule has 0 atom stereocenters. The van der Waals surface area contributed by atoms with Gasteiger partial charge in [-0.25, -0.2) is 13.1 Å². The first-order chi connectivity index (χ1) is 9.62. The van der Waals surface area contributed by atoms with E-state index in [1.165, 1.54) is 11.3 Å². The fraction of sp³-hybridized carbons (Fsp3) is 0.455. The molecule has 0 saturated heterocycles. The van der Waals surface area contributed by atoms with Crippen molar-refractivity contribution in [2.75, 3.05) is 13.1 Å². The molecule has 20 heavy (non-hydrogen) atoms. The van der Waals surface area contributed by atoms with E-state index in [4.69, 9.17) is 0 Å². The quantitative estimate of drug-likeness (QED) is 0.737. The summed E-state index contributed by atoms with van der Waals surface area (Å²) in [5.74, 6) is 0. The van der Waals surface area contributed by atoms with Crippen molar-refractivity contribution in [2.24, 2.45) is 0 Å². The van der Waals surface area contributed by atoms with E-state index < -0.39 is 10.0 Å². The summed E-state index contributed by atoms with van der Waals surface area (Å²) >= 11 is 1.23. The maximum Gasteiger partial charge on any atom is 0.250 e. The van der Waals surface area contributed by atoms with E-state index in [2.05, 4.69) is 20.4 Å². The van der Waals surface area contributed by atoms with Crippen LogP contribution in [-0.2, 0) is 23.1 Å². The van der Waals surface area contributed by atoms with Crippen LogP contribution in [0.1, 0.15) is 12.5 Å². The van der Waals surface area contributed by atoms with Crippen LogP contribution in [0.15, 0.2) is 28.0 Å². The van der Waals surface area contributed by atoms with Crippen LogP contribution in [-0.4, -0.2) is 36.5 Å². The SMILES string of the molecule is CCNCc1csc(S(=O)(=O)NCCn2ccnn2)c1. The average molecular weight is 315 g/mol. The van der Waals surface area contributed by atoms with Gasteiger partial charge < -0.3 is 5.32 Å². The van der Waals surface area contributed by atoms with Gasteiger partial charge in [0.25, 0.3) is 0 Å². The van der Waals surface area contributed by atoms with Crippen LogP contribution >= 0.6 is 11.3 Å². The van der Waals surface area contributed by atoms with Gasteiger partial charge in [0.05, 0.1) is 12.7 Å². The molecule has 0 aliphatic heterocycles. The third kappa shape index (κ3) is 4.10. The highest BCUT2D eigenvalue weighted by molar-refractivity contribution is 7.91. The van der Waals surface area contributed by atoms with E-state index in [1.54, 1.807) is 23.1 Å². The average Bonchev–Trinajstić information content (AvgIpc) is 3.07. The smallest absolute Gasteiger partial charge is 0.250 e. The molecule has 0 fully saturated rings. The zero-order valence-electron chi connectivity index (χ0n) is 11.1. The highest BCUT2D eigenvalue weighted by atomic mass is 32.2. The second-order valence-electron chi connectivity index (χ2n) is 4.12. The molecule has 2 aromatic heterocycles. The highest BCUT2D eigenvalue weighted by Crippen LogP contribution is 2.19. The zero-order valence-corrected chi connectivity index (χ0v) is 12.7. The van der Waals surface area contributed by atoms with Gasteiger partial charge in [-0.3, -0.25) is 4.68 Å². The largest absolute Gasteiger partial charge is 0.313 e. The predicted octanol–water partition coefficient (Wildman–Crippen LogP) is 0.428. The molecule has 0 bridgehead atoms. The Morgan fingerprint density at radius 2 is 2.30 bits per heavy atom. The number of nitrogens with one attached hydrogen (secondary N) is 2. The van der Waals surface area contributed by atoms with Crippen molar-refractivity contribution in [2.45, 2.75) is 24.2 Å². The third-order valence-electron chi connectivity index (χ3n) is 2.58. The summed E-state index contributed by atoms with van der Waals surface area (Å²) in [5.41, 5.74) is 0.980. The minimum Gasteiger partial charge on any atom is -0.313 e. The summed E-state index contributed by atoms with van der Waals surface area (Å²) in [6, 6.07) is 1.70. The Morgan fingerprint density at radius 1 is 1.45 bits per heavy atom. The van der Waals surface area contributed by atoms with Gasteiger partial charge in [0.2, 0.25) is 10.0 Å². The molecule has 0 spiro atoms. The number of hydrogen-bond acceptors (Lipinski definition) is 6. The summed E-state index contributed by atoms with van der Waals surface area (Å²) in [7, 11) is -3.44. The van der Waals surface area contributed by atoms with E-state index in [9.17, 15) is 8.42 Å². The molecule has 2 rings (SSSR count). The van der Waals surface area contributed by atoms with Crippen molar-refractivity contribution < 1.29 is 8.42 Å². The van der Waals surface area contributed by atoms with Gasteiger partial charge in [-0.15, -0.1) is 16.4 Å². The first-order valence-electron chi connectivity index (χ1n) is 6.23. The Labute approximate surface area is 122 Å². The first kappa shape index (κ1) is 15.1. The van der Waals surface area contributed by atoms with Gasteiger partial charge in [0.15, 0.2) is 0 Å². The summed E-state index contributed by atoms with van der Waals surface area (Å²) in [6.07, 6.45) is 3.24. The normalized spacial score (nSPS) is 11.8. The number of rotatable bonds is 8. The Balaban J connectivity index is 1.90. The van der Waals surface area contributed by atoms with Crippen LogP contribution in [0, 0.1) is 0 Å². The first-order valence-corrected chi connectivity index (χ1v) is 8.60. The molecule has 0 aromatic carbocycles. The summed E-state index contributed by atoms with van der Waals surface area (Å²) < 4.78 is 28.6. The number of hydrogen-bond donors (Lipinski definition) is 2. The van der Waals surface area contributed by atoms with Crippen LogP contribution in [0.2, 0.25) is 0 Å². The number of nitrogens with zero attached hydrogens (tertiary/aromatic N) is 3. The summed E-state index contributed by atoms with van der Waals surface area (Å²) in [5, 5.41) is 12.5. The van der Waals surface area contributed by atoms with Gasteiger partial charge in [0, 0.05) is 19.3 Å². The Hall–Kier alpha value is -1.29. The minimum absolute atomic E-state index is 0.284. The van der Waals surface area contributed by atoms with Crippen molar-refractivity contribution in [3.8, 4) is 0 Å². The lowest BCUT2D eigenvalue weighted by molar-refractivity contribution is 0.554. The number of thiophene rings is 1. The van der Waals surface area contributed by atoms with E-state index in [0.29, 0.717) is 17.3 Å². The standard InChI is InChI=1S/C11H17N5O2S2/c1-2-12-8-10-7-11(19-9-10)20(17,18)14-4-6-16-5-3-13-15-16/h3,5,7,9,12,14H,2,4,6,8H2,1H3. The fourth-order valence-corrected chi connectivity index (χ4v) is 3.85. The molecule has 0 aliphatic carbocycles. The van der Waals surface area contributed by atoms with Crippen molar-refractivity contribution in [3.63, 3.8) is 0 Å². The molecule has 0 saturated carbocycles. The van der Waals surface area contributed by atoms with E-state index >= 15 is 0 Å². The molecule has 2 heterocycles. The molecule has 0 radical (unpaired) electrons. The van der Waals surface area contributed by atoms with Crippen molar-refractivity contribution >= 4 is 21.4 Å². The van der Waals surface area contributed by atoms with Crippen LogP contribution in [0.5, 0.6) is 0 Å². The van der Waals surface area contributed by atoms with Crippen molar-refractivity contribution in [1.29, 1.82) is 0 Å². The van der Waals surface area contributed by atoms with Crippen LogP contribution in [0.3, 0.4) is 0 Å². The lowest BCUT2D eigenvalue weighted by atomic mass is 10.3. The molecule has 2 N–H and O–H groups in total. The highest BCUT2D eigenvalue weighted by Gasteiger charge is 2.16. The fourth-order valence-electron chi connectivity index (χ4n) is 1.57. The summed E-state index contributed by atoms with van der Waals surface area (Å²) in [4.78, 5) is 0. The van der Waals surface area contributed by atoms with Gasteiger partial charge in [-0.1, -0.05) is 12.1 Å². The van der Waals surface area contributed by atoms with Crippen molar-refractivity contribution in [1.82, 2.24) is 25.0 Å².